The molecule has 5 nitrogen and oxygen atoms in total. The van der Waals surface area contributed by atoms with Gasteiger partial charge in [0.25, 0.3) is 0 Å². The van der Waals surface area contributed by atoms with E-state index in [9.17, 15) is 5.11 Å². The number of anilines is 1. The molecule has 4 N–H and O–H groups in total. The lowest BCUT2D eigenvalue weighted by Gasteiger charge is -1.99. The Morgan fingerprint density at radius 1 is 1.57 bits per heavy atom. The fourth-order valence-electron chi connectivity index (χ4n) is 1.41. The van der Waals surface area contributed by atoms with Gasteiger partial charge in [-0.2, -0.15) is 0 Å². The van der Waals surface area contributed by atoms with Crippen molar-refractivity contribution >= 4 is 16.9 Å². The molecule has 0 bridgehead atoms. The topological polar surface area (TPSA) is 92.5 Å². The minimum atomic E-state index is -0.212. The zero-order valence-corrected chi connectivity index (χ0v) is 7.61. The van der Waals surface area contributed by atoms with Crippen LogP contribution in [0.4, 0.5) is 5.88 Å². The van der Waals surface area contributed by atoms with Crippen LogP contribution >= 0.6 is 0 Å². The van der Waals surface area contributed by atoms with E-state index < -0.39 is 0 Å². The summed E-state index contributed by atoms with van der Waals surface area (Å²) in [7, 11) is 0. The second kappa shape index (κ2) is 2.88. The van der Waals surface area contributed by atoms with Crippen LogP contribution in [0.2, 0.25) is 0 Å². The van der Waals surface area contributed by atoms with Gasteiger partial charge in [0.2, 0.25) is 5.88 Å². The molecule has 2 aromatic heterocycles. The average molecular weight is 194 g/mol. The van der Waals surface area contributed by atoms with Gasteiger partial charge in [0.05, 0.1) is 17.7 Å². The van der Waals surface area contributed by atoms with Crippen molar-refractivity contribution in [2.24, 2.45) is 0 Å². The first-order valence-electron chi connectivity index (χ1n) is 4.11. The van der Waals surface area contributed by atoms with E-state index in [-0.39, 0.29) is 18.2 Å². The van der Waals surface area contributed by atoms with E-state index in [0.717, 1.165) is 0 Å². The summed E-state index contributed by atoms with van der Waals surface area (Å²) >= 11 is 0. The van der Waals surface area contributed by atoms with Gasteiger partial charge in [0.15, 0.2) is 11.3 Å². The van der Waals surface area contributed by atoms with Gasteiger partial charge in [-0.15, -0.1) is 0 Å². The van der Waals surface area contributed by atoms with Gasteiger partial charge in [0, 0.05) is 11.8 Å². The Bertz CT molecular complexity index is 490. The summed E-state index contributed by atoms with van der Waals surface area (Å²) < 4.78 is 5.13. The highest BCUT2D eigenvalue weighted by molar-refractivity contribution is 5.92. The Hall–Kier alpha value is -1.75. The van der Waals surface area contributed by atoms with Crippen LogP contribution in [0.25, 0.3) is 11.0 Å². The summed E-state index contributed by atoms with van der Waals surface area (Å²) in [5, 5.41) is 19.0. The molecule has 0 aliphatic rings. The Kier molecular flexibility index (Phi) is 1.82. The normalized spacial score (nSPS) is 11.0. The van der Waals surface area contributed by atoms with Crippen molar-refractivity contribution in [1.29, 1.82) is 0 Å². The molecule has 0 aliphatic heterocycles. The van der Waals surface area contributed by atoms with Crippen LogP contribution in [0.3, 0.4) is 0 Å². The van der Waals surface area contributed by atoms with E-state index in [2.05, 4.69) is 4.98 Å². The van der Waals surface area contributed by atoms with E-state index in [4.69, 9.17) is 15.3 Å². The number of nitrogen functional groups attached to an aromatic ring is 1. The van der Waals surface area contributed by atoms with Crippen molar-refractivity contribution in [3.05, 3.63) is 17.5 Å². The van der Waals surface area contributed by atoms with Gasteiger partial charge in [-0.1, -0.05) is 0 Å². The molecule has 0 saturated carbocycles. The SMILES string of the molecule is Cc1ncc(CO)c2c(O)c(N)oc12. The van der Waals surface area contributed by atoms with Crippen molar-refractivity contribution in [2.45, 2.75) is 13.5 Å². The Labute approximate surface area is 79.8 Å². The standard InChI is InChI=1S/C9H10N2O3/c1-4-8-6(5(3-12)2-11-4)7(13)9(10)14-8/h2,12-13H,3,10H2,1H3. The van der Waals surface area contributed by atoms with Crippen molar-refractivity contribution in [1.82, 2.24) is 4.98 Å². The molecule has 14 heavy (non-hydrogen) atoms. The van der Waals surface area contributed by atoms with Crippen molar-refractivity contribution in [3.63, 3.8) is 0 Å². The third-order valence-corrected chi connectivity index (χ3v) is 2.14. The second-order valence-electron chi connectivity index (χ2n) is 3.05. The maximum Gasteiger partial charge on any atom is 0.234 e. The predicted octanol–water partition coefficient (Wildman–Crippen LogP) is 0.916. The summed E-state index contributed by atoms with van der Waals surface area (Å²) in [5.41, 5.74) is 6.97. The number of aliphatic hydroxyl groups excluding tert-OH is 1. The zero-order chi connectivity index (χ0) is 10.3. The molecule has 0 radical (unpaired) electrons. The third kappa shape index (κ3) is 1.03. The lowest BCUT2D eigenvalue weighted by Crippen LogP contribution is -1.89. The summed E-state index contributed by atoms with van der Waals surface area (Å²) in [6.45, 7) is 1.53. The first-order valence-corrected chi connectivity index (χ1v) is 4.11. The van der Waals surface area contributed by atoms with Crippen LogP contribution in [0.1, 0.15) is 11.3 Å². The number of aromatic hydroxyl groups is 1. The first kappa shape index (κ1) is 8.83. The van der Waals surface area contributed by atoms with Crippen molar-refractivity contribution < 1.29 is 14.6 Å². The molecule has 2 aromatic rings. The quantitative estimate of drug-likeness (QED) is 0.627. The van der Waals surface area contributed by atoms with Crippen LogP contribution in [-0.4, -0.2) is 15.2 Å². The molecular formula is C9H10N2O3. The van der Waals surface area contributed by atoms with Crippen LogP contribution in [0, 0.1) is 6.92 Å². The summed E-state index contributed by atoms with van der Waals surface area (Å²) in [5.74, 6) is -0.180. The number of aliphatic hydroxyl groups is 1. The van der Waals surface area contributed by atoms with E-state index in [1.807, 2.05) is 0 Å². The average Bonchev–Trinajstić information content (AvgIpc) is 2.47. The molecule has 0 fully saturated rings. The number of aromatic nitrogens is 1. The van der Waals surface area contributed by atoms with E-state index in [1.54, 1.807) is 6.92 Å². The minimum Gasteiger partial charge on any atom is -0.503 e. The van der Waals surface area contributed by atoms with Gasteiger partial charge in [-0.25, -0.2) is 0 Å². The predicted molar refractivity (Wildman–Crippen MR) is 50.7 cm³/mol. The number of pyridine rings is 1. The smallest absolute Gasteiger partial charge is 0.234 e. The molecule has 0 atom stereocenters. The maximum absolute atomic E-state index is 9.58. The van der Waals surface area contributed by atoms with Gasteiger partial charge >= 0.3 is 0 Å². The third-order valence-electron chi connectivity index (χ3n) is 2.14. The zero-order valence-electron chi connectivity index (χ0n) is 7.61. The molecular weight excluding hydrogens is 184 g/mol. The van der Waals surface area contributed by atoms with Crippen molar-refractivity contribution in [3.8, 4) is 5.75 Å². The molecule has 74 valence electrons. The Morgan fingerprint density at radius 3 is 2.93 bits per heavy atom. The Morgan fingerprint density at radius 2 is 2.29 bits per heavy atom. The maximum atomic E-state index is 9.58. The highest BCUT2D eigenvalue weighted by Gasteiger charge is 2.16. The molecule has 0 amide bonds. The fraction of sp³-hybridized carbons (Fsp3) is 0.222. The van der Waals surface area contributed by atoms with Gasteiger partial charge in [-0.05, 0) is 6.92 Å². The number of hydrogen-bond donors (Lipinski definition) is 3. The molecule has 0 aliphatic carbocycles. The van der Waals surface area contributed by atoms with Gasteiger partial charge in [-0.3, -0.25) is 4.98 Å². The number of nitrogens with two attached hydrogens (primary N) is 1. The molecule has 0 spiro atoms. The molecule has 5 heteroatoms. The summed E-state index contributed by atoms with van der Waals surface area (Å²) in [6.07, 6.45) is 1.49. The Balaban J connectivity index is 2.92. The van der Waals surface area contributed by atoms with Crippen molar-refractivity contribution in [2.75, 3.05) is 5.73 Å². The summed E-state index contributed by atoms with van der Waals surface area (Å²) in [6, 6.07) is 0. The van der Waals surface area contributed by atoms with Crippen LogP contribution in [0.15, 0.2) is 10.6 Å². The first-order chi connectivity index (χ1) is 6.65. The molecule has 2 heterocycles. The van der Waals surface area contributed by atoms with E-state index >= 15 is 0 Å². The highest BCUT2D eigenvalue weighted by Crippen LogP contribution is 2.37. The largest absolute Gasteiger partial charge is 0.503 e. The van der Waals surface area contributed by atoms with Gasteiger partial charge in [0.1, 0.15) is 0 Å². The number of aryl methyl sites for hydroxylation is 1. The van der Waals surface area contributed by atoms with Gasteiger partial charge < -0.3 is 20.4 Å². The monoisotopic (exact) mass is 194 g/mol. The minimum absolute atomic E-state index is 0.0502. The van der Waals surface area contributed by atoms with Crippen LogP contribution in [0.5, 0.6) is 5.75 Å². The lowest BCUT2D eigenvalue weighted by atomic mass is 10.1. The number of fused-ring (bicyclic) bond motifs is 1. The molecule has 0 saturated heterocycles. The van der Waals surface area contributed by atoms with E-state index in [0.29, 0.717) is 22.2 Å². The van der Waals surface area contributed by atoms with E-state index in [1.165, 1.54) is 6.20 Å². The summed E-state index contributed by atoms with van der Waals surface area (Å²) in [4.78, 5) is 4.01. The molecule has 0 unspecified atom stereocenters. The number of hydrogen-bond acceptors (Lipinski definition) is 5. The molecule has 0 aromatic carbocycles. The number of nitrogens with zero attached hydrogens (tertiary/aromatic N) is 1. The fourth-order valence-corrected chi connectivity index (χ4v) is 1.41. The van der Waals surface area contributed by atoms with Crippen LogP contribution in [-0.2, 0) is 6.61 Å². The van der Waals surface area contributed by atoms with Crippen LogP contribution < -0.4 is 5.73 Å². The second-order valence-corrected chi connectivity index (χ2v) is 3.05. The number of rotatable bonds is 1. The lowest BCUT2D eigenvalue weighted by molar-refractivity contribution is 0.282. The highest BCUT2D eigenvalue weighted by atomic mass is 16.4. The molecule has 2 rings (SSSR count). The number of furan rings is 1.